The Morgan fingerprint density at radius 1 is 1.11 bits per heavy atom. The number of rotatable bonds is 10. The van der Waals surface area contributed by atoms with Crippen LogP contribution in [0.2, 0.25) is 0 Å². The molecule has 188 valence electrons. The normalized spacial score (nSPS) is 15.0. The van der Waals surface area contributed by atoms with Crippen LogP contribution in [0.4, 0.5) is 5.69 Å². The molecule has 0 aromatic heterocycles. The van der Waals surface area contributed by atoms with Crippen molar-refractivity contribution >= 4 is 29.3 Å². The van der Waals surface area contributed by atoms with Gasteiger partial charge in [-0.1, -0.05) is 36.0 Å². The molecule has 0 aliphatic carbocycles. The summed E-state index contributed by atoms with van der Waals surface area (Å²) in [4.78, 5) is 25.5. The summed E-state index contributed by atoms with van der Waals surface area (Å²) in [6.07, 6.45) is 0. The lowest BCUT2D eigenvalue weighted by atomic mass is 9.82. The van der Waals surface area contributed by atoms with Gasteiger partial charge in [0, 0.05) is 23.0 Å². The lowest BCUT2D eigenvalue weighted by Gasteiger charge is -2.30. The number of nitrogens with zero attached hydrogens (tertiary/aromatic N) is 1. The average Bonchev–Trinajstić information content (AvgIpc) is 2.87. The van der Waals surface area contributed by atoms with Gasteiger partial charge >= 0.3 is 5.97 Å². The van der Waals surface area contributed by atoms with E-state index in [1.165, 1.54) is 18.9 Å². The first-order valence-electron chi connectivity index (χ1n) is 11.5. The van der Waals surface area contributed by atoms with Crippen LogP contribution in [0.15, 0.2) is 70.4 Å². The summed E-state index contributed by atoms with van der Waals surface area (Å²) >= 11 is 1.19. The van der Waals surface area contributed by atoms with E-state index in [-0.39, 0.29) is 11.7 Å². The van der Waals surface area contributed by atoms with Crippen molar-refractivity contribution in [1.82, 2.24) is 5.32 Å². The van der Waals surface area contributed by atoms with Crippen LogP contribution in [0.3, 0.4) is 0 Å². The number of esters is 1. The molecule has 2 aromatic carbocycles. The van der Waals surface area contributed by atoms with Crippen molar-refractivity contribution in [2.45, 2.75) is 26.7 Å². The zero-order valence-corrected chi connectivity index (χ0v) is 21.5. The number of thioether (sulfide) groups is 1. The van der Waals surface area contributed by atoms with Gasteiger partial charge in [-0.3, -0.25) is 4.79 Å². The van der Waals surface area contributed by atoms with Gasteiger partial charge in [-0.25, -0.2) is 4.79 Å². The van der Waals surface area contributed by atoms with Crippen molar-refractivity contribution in [2.75, 3.05) is 31.4 Å². The van der Waals surface area contributed by atoms with Crippen LogP contribution >= 0.6 is 11.8 Å². The average molecular weight is 508 g/mol. The highest BCUT2D eigenvalue weighted by molar-refractivity contribution is 8.03. The largest absolute Gasteiger partial charge is 0.494 e. The lowest BCUT2D eigenvalue weighted by molar-refractivity contribution is -0.136. The number of methoxy groups -OCH3 is 1. The number of carbonyl (C=O) groups is 2. The Labute approximate surface area is 215 Å². The zero-order valence-electron chi connectivity index (χ0n) is 20.7. The summed E-state index contributed by atoms with van der Waals surface area (Å²) in [6.45, 7) is 6.46. The fourth-order valence-corrected chi connectivity index (χ4v) is 4.78. The maximum absolute atomic E-state index is 12.8. The number of nitrogens with one attached hydrogen (secondary N) is 2. The van der Waals surface area contributed by atoms with Crippen molar-refractivity contribution in [2.24, 2.45) is 0 Å². The standard InChI is InChI=1S/C27H29N3O5S/c1-5-34-19-11-9-10-18(14-19)30-23(31)16-36-26-21(15-28)25(24(17(3)29-26)27(32)33-4)20-12-7-8-13-22(20)35-6-2/h7-14,25,29H,5-6,16H2,1-4H3,(H,30,31). The molecule has 2 N–H and O–H groups in total. The van der Waals surface area contributed by atoms with Gasteiger partial charge in [0.1, 0.15) is 11.5 Å². The van der Waals surface area contributed by atoms with Gasteiger partial charge < -0.3 is 24.8 Å². The Balaban J connectivity index is 1.90. The molecule has 1 unspecified atom stereocenters. The van der Waals surface area contributed by atoms with Crippen LogP contribution in [0.1, 0.15) is 32.3 Å². The molecule has 3 rings (SSSR count). The number of hydrogen-bond donors (Lipinski definition) is 2. The molecule has 0 fully saturated rings. The van der Waals surface area contributed by atoms with Crippen molar-refractivity contribution < 1.29 is 23.8 Å². The van der Waals surface area contributed by atoms with Gasteiger partial charge in [-0.05, 0) is 39.0 Å². The highest BCUT2D eigenvalue weighted by atomic mass is 32.2. The minimum Gasteiger partial charge on any atom is -0.494 e. The highest BCUT2D eigenvalue weighted by Crippen LogP contribution is 2.44. The fraction of sp³-hybridized carbons (Fsp3) is 0.296. The van der Waals surface area contributed by atoms with E-state index in [2.05, 4.69) is 16.7 Å². The van der Waals surface area contributed by atoms with Gasteiger partial charge in [-0.15, -0.1) is 0 Å². The summed E-state index contributed by atoms with van der Waals surface area (Å²) in [7, 11) is 1.30. The van der Waals surface area contributed by atoms with E-state index >= 15 is 0 Å². The van der Waals surface area contributed by atoms with E-state index in [1.807, 2.05) is 38.1 Å². The monoisotopic (exact) mass is 507 g/mol. The topological polar surface area (TPSA) is 110 Å². The number of allylic oxidation sites excluding steroid dienone is 2. The van der Waals surface area contributed by atoms with E-state index in [4.69, 9.17) is 14.2 Å². The summed E-state index contributed by atoms with van der Waals surface area (Å²) in [6, 6.07) is 16.7. The summed E-state index contributed by atoms with van der Waals surface area (Å²) in [5.74, 6) is -0.206. The van der Waals surface area contributed by atoms with Crippen molar-refractivity contribution in [3.05, 3.63) is 76.0 Å². The smallest absolute Gasteiger partial charge is 0.336 e. The second-order valence-electron chi connectivity index (χ2n) is 7.71. The van der Waals surface area contributed by atoms with Crippen LogP contribution < -0.4 is 20.1 Å². The first-order chi connectivity index (χ1) is 17.4. The molecule has 1 amide bonds. The molecule has 0 saturated heterocycles. The number of para-hydroxylation sites is 1. The van der Waals surface area contributed by atoms with Crippen molar-refractivity contribution in [3.8, 4) is 17.6 Å². The summed E-state index contributed by atoms with van der Waals surface area (Å²) < 4.78 is 16.3. The van der Waals surface area contributed by atoms with Crippen molar-refractivity contribution in [3.63, 3.8) is 0 Å². The number of amides is 1. The quantitative estimate of drug-likeness (QED) is 0.445. The fourth-order valence-electron chi connectivity index (χ4n) is 3.89. The predicted octanol–water partition coefficient (Wildman–Crippen LogP) is 4.72. The van der Waals surface area contributed by atoms with Crippen LogP contribution in [0.5, 0.6) is 11.5 Å². The minimum absolute atomic E-state index is 0.0487. The molecule has 0 spiro atoms. The van der Waals surface area contributed by atoms with E-state index in [1.54, 1.807) is 31.2 Å². The summed E-state index contributed by atoms with van der Waals surface area (Å²) in [5.41, 5.74) is 2.47. The number of carbonyl (C=O) groups excluding carboxylic acids is 2. The molecule has 1 heterocycles. The Morgan fingerprint density at radius 2 is 1.86 bits per heavy atom. The van der Waals surface area contributed by atoms with E-state index in [0.717, 1.165) is 0 Å². The Bertz CT molecular complexity index is 1230. The van der Waals surface area contributed by atoms with E-state index in [0.29, 0.717) is 57.8 Å². The first-order valence-corrected chi connectivity index (χ1v) is 12.5. The van der Waals surface area contributed by atoms with Crippen LogP contribution in [-0.4, -0.2) is 38.0 Å². The molecule has 0 saturated carbocycles. The number of benzene rings is 2. The number of hydrogen-bond acceptors (Lipinski definition) is 8. The first kappa shape index (κ1) is 26.7. The van der Waals surface area contributed by atoms with Gasteiger partial charge in [-0.2, -0.15) is 5.26 Å². The van der Waals surface area contributed by atoms with Crippen LogP contribution in [0.25, 0.3) is 0 Å². The molecular formula is C27H29N3O5S. The molecule has 1 atom stereocenters. The van der Waals surface area contributed by atoms with Crippen LogP contribution in [0, 0.1) is 11.3 Å². The number of nitriles is 1. The maximum Gasteiger partial charge on any atom is 0.336 e. The number of ether oxygens (including phenoxy) is 3. The number of anilines is 1. The second kappa shape index (κ2) is 12.7. The molecule has 8 nitrogen and oxygen atoms in total. The molecule has 9 heteroatoms. The van der Waals surface area contributed by atoms with Gasteiger partial charge in [0.2, 0.25) is 5.91 Å². The van der Waals surface area contributed by atoms with Crippen molar-refractivity contribution in [1.29, 1.82) is 5.26 Å². The van der Waals surface area contributed by atoms with Gasteiger partial charge in [0.25, 0.3) is 0 Å². The third-order valence-corrected chi connectivity index (χ3v) is 6.38. The second-order valence-corrected chi connectivity index (χ2v) is 8.70. The Hall–Kier alpha value is -3.90. The van der Waals surface area contributed by atoms with E-state index in [9.17, 15) is 14.9 Å². The molecule has 36 heavy (non-hydrogen) atoms. The SMILES string of the molecule is CCOc1cccc(NC(=O)CSC2=C(C#N)C(c3ccccc3OCC)C(C(=O)OC)=C(C)N2)c1. The molecule has 0 bridgehead atoms. The summed E-state index contributed by atoms with van der Waals surface area (Å²) in [5, 5.41) is 16.6. The highest BCUT2D eigenvalue weighted by Gasteiger charge is 2.37. The molecule has 1 aliphatic rings. The maximum atomic E-state index is 12.8. The lowest BCUT2D eigenvalue weighted by Crippen LogP contribution is -2.29. The predicted molar refractivity (Wildman–Crippen MR) is 140 cm³/mol. The Morgan fingerprint density at radius 3 is 2.56 bits per heavy atom. The number of dihydropyridines is 1. The molecule has 2 aromatic rings. The van der Waals surface area contributed by atoms with Gasteiger partial charge in [0.15, 0.2) is 0 Å². The third-order valence-electron chi connectivity index (χ3n) is 5.36. The molecule has 0 radical (unpaired) electrons. The van der Waals surface area contributed by atoms with Gasteiger partial charge in [0.05, 0.1) is 54.2 Å². The van der Waals surface area contributed by atoms with Crippen LogP contribution in [-0.2, 0) is 14.3 Å². The Kier molecular flexibility index (Phi) is 9.42. The third kappa shape index (κ3) is 6.20. The molecule has 1 aliphatic heterocycles. The molecular weight excluding hydrogens is 478 g/mol. The minimum atomic E-state index is -0.708. The van der Waals surface area contributed by atoms with E-state index < -0.39 is 11.9 Å². The zero-order chi connectivity index (χ0) is 26.1.